The van der Waals surface area contributed by atoms with E-state index in [0.29, 0.717) is 0 Å². The van der Waals surface area contributed by atoms with Crippen molar-refractivity contribution in [2.24, 2.45) is 0 Å². The number of unbranched alkanes of at least 4 members (excludes halogenated alkanes) is 1. The fourth-order valence-corrected chi connectivity index (χ4v) is 1.25. The number of rotatable bonds is 6. The number of benzene rings is 1. The molecule has 1 aromatic carbocycles. The SMILES string of the molecule is [CH2]CCCNCCc1ccccc1. The number of hydrogen-bond donors (Lipinski definition) is 1. The third-order valence-corrected chi connectivity index (χ3v) is 2.04. The zero-order valence-electron chi connectivity index (χ0n) is 8.13. The minimum Gasteiger partial charge on any atom is -0.316 e. The van der Waals surface area contributed by atoms with Gasteiger partial charge < -0.3 is 5.32 Å². The summed E-state index contributed by atoms with van der Waals surface area (Å²) in [6, 6.07) is 10.6. The molecule has 0 aliphatic rings. The second-order valence-electron chi connectivity index (χ2n) is 3.19. The molecule has 0 aromatic heterocycles. The van der Waals surface area contributed by atoms with E-state index in [1.165, 1.54) is 12.0 Å². The first-order valence-electron chi connectivity index (χ1n) is 4.97. The molecule has 0 amide bonds. The van der Waals surface area contributed by atoms with Gasteiger partial charge >= 0.3 is 0 Å². The van der Waals surface area contributed by atoms with Gasteiger partial charge in [-0.3, -0.25) is 0 Å². The van der Waals surface area contributed by atoms with Gasteiger partial charge in [-0.25, -0.2) is 0 Å². The average molecular weight is 176 g/mol. The lowest BCUT2D eigenvalue weighted by Gasteiger charge is -2.03. The molecule has 1 heteroatoms. The van der Waals surface area contributed by atoms with Crippen LogP contribution in [0, 0.1) is 6.92 Å². The lowest BCUT2D eigenvalue weighted by molar-refractivity contribution is 0.652. The Morgan fingerprint density at radius 1 is 1.08 bits per heavy atom. The molecule has 0 bridgehead atoms. The third-order valence-electron chi connectivity index (χ3n) is 2.04. The largest absolute Gasteiger partial charge is 0.316 e. The van der Waals surface area contributed by atoms with E-state index in [2.05, 4.69) is 42.6 Å². The van der Waals surface area contributed by atoms with E-state index in [1.807, 2.05) is 0 Å². The molecule has 0 aliphatic carbocycles. The van der Waals surface area contributed by atoms with Crippen LogP contribution in [0.3, 0.4) is 0 Å². The molecule has 0 atom stereocenters. The minimum absolute atomic E-state index is 1.03. The van der Waals surface area contributed by atoms with Crippen LogP contribution in [-0.2, 0) is 6.42 Å². The van der Waals surface area contributed by atoms with Crippen LogP contribution in [0.2, 0.25) is 0 Å². The Kier molecular flexibility index (Phi) is 5.27. The summed E-state index contributed by atoms with van der Waals surface area (Å²) in [5, 5.41) is 3.39. The van der Waals surface area contributed by atoms with E-state index in [9.17, 15) is 0 Å². The third kappa shape index (κ3) is 4.69. The first-order valence-corrected chi connectivity index (χ1v) is 4.97. The molecule has 1 rings (SSSR count). The van der Waals surface area contributed by atoms with Gasteiger partial charge in [0.1, 0.15) is 0 Å². The molecule has 0 fully saturated rings. The summed E-state index contributed by atoms with van der Waals surface area (Å²) >= 11 is 0. The molecule has 0 aliphatic heterocycles. The van der Waals surface area contributed by atoms with Gasteiger partial charge in [-0.1, -0.05) is 43.7 Å². The molecule has 0 saturated carbocycles. The molecule has 0 unspecified atom stereocenters. The van der Waals surface area contributed by atoms with Crippen LogP contribution in [0.1, 0.15) is 18.4 Å². The van der Waals surface area contributed by atoms with Crippen molar-refractivity contribution in [2.75, 3.05) is 13.1 Å². The van der Waals surface area contributed by atoms with Crippen LogP contribution in [0.15, 0.2) is 30.3 Å². The summed E-state index contributed by atoms with van der Waals surface area (Å²) in [7, 11) is 0. The molecule has 13 heavy (non-hydrogen) atoms. The highest BCUT2D eigenvalue weighted by atomic mass is 14.8. The fourth-order valence-electron chi connectivity index (χ4n) is 1.25. The molecular formula is C12H18N. The Bertz CT molecular complexity index is 206. The summed E-state index contributed by atoms with van der Waals surface area (Å²) in [5.41, 5.74) is 1.41. The Labute approximate surface area is 81.2 Å². The normalized spacial score (nSPS) is 10.2. The van der Waals surface area contributed by atoms with Crippen LogP contribution in [0.4, 0.5) is 0 Å². The quantitative estimate of drug-likeness (QED) is 0.656. The van der Waals surface area contributed by atoms with Gasteiger partial charge in [0, 0.05) is 0 Å². The summed E-state index contributed by atoms with van der Waals surface area (Å²) in [6.45, 7) is 5.97. The average Bonchev–Trinajstić information content (AvgIpc) is 2.19. The Morgan fingerprint density at radius 3 is 2.54 bits per heavy atom. The lowest BCUT2D eigenvalue weighted by atomic mass is 10.1. The van der Waals surface area contributed by atoms with Gasteiger partial charge in [0.2, 0.25) is 0 Å². The van der Waals surface area contributed by atoms with Gasteiger partial charge in [0.25, 0.3) is 0 Å². The molecular weight excluding hydrogens is 158 g/mol. The maximum Gasteiger partial charge on any atom is -0.000835 e. The molecule has 0 spiro atoms. The van der Waals surface area contributed by atoms with E-state index >= 15 is 0 Å². The predicted octanol–water partition coefficient (Wildman–Crippen LogP) is 2.43. The fraction of sp³-hybridized carbons (Fsp3) is 0.417. The minimum atomic E-state index is 1.03. The highest BCUT2D eigenvalue weighted by Gasteiger charge is 1.90. The molecule has 0 saturated heterocycles. The van der Waals surface area contributed by atoms with Crippen molar-refractivity contribution in [3.05, 3.63) is 42.8 Å². The Hall–Kier alpha value is -0.820. The van der Waals surface area contributed by atoms with E-state index < -0.39 is 0 Å². The molecule has 1 aromatic rings. The van der Waals surface area contributed by atoms with Crippen molar-refractivity contribution in [1.82, 2.24) is 5.32 Å². The summed E-state index contributed by atoms with van der Waals surface area (Å²) in [4.78, 5) is 0. The second-order valence-corrected chi connectivity index (χ2v) is 3.19. The summed E-state index contributed by atoms with van der Waals surface area (Å²) in [6.07, 6.45) is 3.32. The highest BCUT2D eigenvalue weighted by molar-refractivity contribution is 5.14. The van der Waals surface area contributed by atoms with Crippen molar-refractivity contribution in [3.8, 4) is 0 Å². The summed E-state index contributed by atoms with van der Waals surface area (Å²) in [5.74, 6) is 0. The second kappa shape index (κ2) is 6.67. The first-order chi connectivity index (χ1) is 6.43. The van der Waals surface area contributed by atoms with Crippen molar-refractivity contribution < 1.29 is 0 Å². The van der Waals surface area contributed by atoms with Crippen molar-refractivity contribution in [3.63, 3.8) is 0 Å². The van der Waals surface area contributed by atoms with Crippen LogP contribution in [-0.4, -0.2) is 13.1 Å². The van der Waals surface area contributed by atoms with Crippen LogP contribution >= 0.6 is 0 Å². The molecule has 71 valence electrons. The van der Waals surface area contributed by atoms with E-state index in [1.54, 1.807) is 0 Å². The zero-order chi connectivity index (χ0) is 9.36. The van der Waals surface area contributed by atoms with E-state index in [-0.39, 0.29) is 0 Å². The smallest absolute Gasteiger partial charge is 0.000835 e. The highest BCUT2D eigenvalue weighted by Crippen LogP contribution is 1.97. The van der Waals surface area contributed by atoms with E-state index in [4.69, 9.17) is 0 Å². The van der Waals surface area contributed by atoms with Crippen LogP contribution in [0.5, 0.6) is 0 Å². The maximum atomic E-state index is 3.80. The lowest BCUT2D eigenvalue weighted by Crippen LogP contribution is -2.18. The molecule has 1 N–H and O–H groups in total. The first kappa shape index (κ1) is 10.3. The van der Waals surface area contributed by atoms with Crippen molar-refractivity contribution in [2.45, 2.75) is 19.3 Å². The maximum absolute atomic E-state index is 3.80. The number of hydrogen-bond acceptors (Lipinski definition) is 1. The van der Waals surface area contributed by atoms with Crippen molar-refractivity contribution >= 4 is 0 Å². The van der Waals surface area contributed by atoms with Gasteiger partial charge in [-0.15, -0.1) is 0 Å². The molecule has 1 nitrogen and oxygen atoms in total. The standard InChI is InChI=1S/C12H18N/c1-2-3-10-13-11-9-12-7-5-4-6-8-12/h4-8,13H,1-3,9-11H2. The van der Waals surface area contributed by atoms with Gasteiger partial charge in [-0.2, -0.15) is 0 Å². The van der Waals surface area contributed by atoms with Gasteiger partial charge in [0.05, 0.1) is 0 Å². The van der Waals surface area contributed by atoms with E-state index in [0.717, 1.165) is 25.9 Å². The van der Waals surface area contributed by atoms with Crippen LogP contribution < -0.4 is 5.32 Å². The summed E-state index contributed by atoms with van der Waals surface area (Å²) < 4.78 is 0. The number of nitrogens with one attached hydrogen (secondary N) is 1. The van der Waals surface area contributed by atoms with Crippen molar-refractivity contribution in [1.29, 1.82) is 0 Å². The zero-order valence-corrected chi connectivity index (χ0v) is 8.13. The van der Waals surface area contributed by atoms with Gasteiger partial charge in [-0.05, 0) is 31.5 Å². The van der Waals surface area contributed by atoms with Crippen LogP contribution in [0.25, 0.3) is 0 Å². The molecule has 1 radical (unpaired) electrons. The monoisotopic (exact) mass is 176 g/mol. The predicted molar refractivity (Wildman–Crippen MR) is 57.6 cm³/mol. The van der Waals surface area contributed by atoms with Gasteiger partial charge in [0.15, 0.2) is 0 Å². The molecule has 0 heterocycles. The Balaban J connectivity index is 2.07. The Morgan fingerprint density at radius 2 is 1.85 bits per heavy atom. The topological polar surface area (TPSA) is 12.0 Å².